The monoisotopic (exact) mass is 245 g/mol. The van der Waals surface area contributed by atoms with Crippen LogP contribution in [0.5, 0.6) is 0 Å². The van der Waals surface area contributed by atoms with Gasteiger partial charge in [-0.25, -0.2) is 4.98 Å². The van der Waals surface area contributed by atoms with E-state index in [1.54, 1.807) is 13.4 Å². The van der Waals surface area contributed by atoms with Crippen molar-refractivity contribution >= 4 is 22.7 Å². The van der Waals surface area contributed by atoms with Gasteiger partial charge in [0.1, 0.15) is 0 Å². The highest BCUT2D eigenvalue weighted by Crippen LogP contribution is 2.12. The molecule has 0 aliphatic carbocycles. The van der Waals surface area contributed by atoms with Gasteiger partial charge in [0.2, 0.25) is 5.78 Å². The second-order valence-corrected chi connectivity index (χ2v) is 4.29. The van der Waals surface area contributed by atoms with Gasteiger partial charge in [0.15, 0.2) is 0 Å². The molecule has 0 radical (unpaired) electrons. The van der Waals surface area contributed by atoms with E-state index in [4.69, 9.17) is 0 Å². The second-order valence-electron chi connectivity index (χ2n) is 4.29. The molecule has 1 amide bonds. The summed E-state index contributed by atoms with van der Waals surface area (Å²) >= 11 is 0. The van der Waals surface area contributed by atoms with Gasteiger partial charge in [-0.1, -0.05) is 6.07 Å². The van der Waals surface area contributed by atoms with Crippen molar-refractivity contribution in [3.8, 4) is 0 Å². The third-order valence-electron chi connectivity index (χ3n) is 2.87. The van der Waals surface area contributed by atoms with E-state index in [1.165, 1.54) is 11.8 Å². The molecule has 2 aromatic rings. The Kier molecular flexibility index (Phi) is 3.41. The first-order valence-electron chi connectivity index (χ1n) is 5.76. The van der Waals surface area contributed by atoms with Crippen LogP contribution in [0, 0.1) is 0 Å². The number of benzene rings is 1. The summed E-state index contributed by atoms with van der Waals surface area (Å²) in [5.74, 6) is -0.876. The molecule has 0 unspecified atom stereocenters. The number of fused-ring (bicyclic) bond motifs is 1. The number of rotatable bonds is 4. The zero-order valence-electron chi connectivity index (χ0n) is 10.4. The van der Waals surface area contributed by atoms with Gasteiger partial charge >= 0.3 is 0 Å². The lowest BCUT2D eigenvalue weighted by Crippen LogP contribution is -2.33. The summed E-state index contributed by atoms with van der Waals surface area (Å²) in [5, 5.41) is 0. The van der Waals surface area contributed by atoms with E-state index in [9.17, 15) is 9.59 Å². The molecule has 94 valence electrons. The molecule has 0 bridgehead atoms. The summed E-state index contributed by atoms with van der Waals surface area (Å²) in [6.45, 7) is 1.81. The number of likely N-dealkylation sites (N-methyl/N-ethyl adjacent to an activating group) is 1. The molecule has 0 atom stereocenters. The zero-order chi connectivity index (χ0) is 13.1. The number of hydrogen-bond acceptors (Lipinski definition) is 3. The van der Waals surface area contributed by atoms with Gasteiger partial charge < -0.3 is 9.88 Å². The predicted octanol–water partition coefficient (Wildman–Crippen LogP) is 1.15. The number of hydrogen-bond donors (Lipinski definition) is 1. The molecule has 18 heavy (non-hydrogen) atoms. The number of H-pyrrole nitrogens is 1. The Hall–Kier alpha value is -2.17. The largest absolute Gasteiger partial charge is 0.345 e. The van der Waals surface area contributed by atoms with Crippen LogP contribution in [0.1, 0.15) is 12.5 Å². The van der Waals surface area contributed by atoms with Gasteiger partial charge in [0.25, 0.3) is 5.91 Å². The number of Topliss-reactive ketones (excluding diaryl/α,β-unsaturated/α-hetero) is 1. The first-order valence-corrected chi connectivity index (χ1v) is 5.76. The van der Waals surface area contributed by atoms with Crippen LogP contribution in [0.25, 0.3) is 11.0 Å². The van der Waals surface area contributed by atoms with Gasteiger partial charge in [-0.2, -0.15) is 0 Å². The summed E-state index contributed by atoms with van der Waals surface area (Å²) in [5.41, 5.74) is 3.01. The van der Waals surface area contributed by atoms with Crippen LogP contribution >= 0.6 is 0 Å². The van der Waals surface area contributed by atoms with E-state index in [1.807, 2.05) is 18.2 Å². The van der Waals surface area contributed by atoms with Crippen molar-refractivity contribution in [1.29, 1.82) is 0 Å². The van der Waals surface area contributed by atoms with E-state index in [0.29, 0.717) is 13.0 Å². The lowest BCUT2D eigenvalue weighted by molar-refractivity contribution is -0.142. The standard InChI is InChI=1S/C13H15N3O2/c1-9(17)13(18)16(2)6-5-10-3-4-11-12(7-10)15-8-14-11/h3-4,7-8H,5-6H2,1-2H3,(H,14,15). The Bertz CT molecular complexity index is 589. The number of aromatic amines is 1. The Morgan fingerprint density at radius 2 is 2.17 bits per heavy atom. The minimum absolute atomic E-state index is 0.429. The van der Waals surface area contributed by atoms with E-state index in [0.717, 1.165) is 16.6 Å². The molecule has 0 spiro atoms. The Morgan fingerprint density at radius 3 is 2.89 bits per heavy atom. The van der Waals surface area contributed by atoms with E-state index < -0.39 is 11.7 Å². The second kappa shape index (κ2) is 5.00. The third kappa shape index (κ3) is 2.56. The van der Waals surface area contributed by atoms with E-state index in [2.05, 4.69) is 9.97 Å². The maximum Gasteiger partial charge on any atom is 0.289 e. The fourth-order valence-electron chi connectivity index (χ4n) is 1.81. The quantitative estimate of drug-likeness (QED) is 0.822. The molecule has 1 N–H and O–H groups in total. The number of carbonyl (C=O) groups is 2. The van der Waals surface area contributed by atoms with Gasteiger partial charge in [-0.05, 0) is 24.1 Å². The molecule has 1 aromatic heterocycles. The van der Waals surface area contributed by atoms with Crippen LogP contribution in [0.15, 0.2) is 24.5 Å². The molecule has 5 heteroatoms. The molecule has 1 aromatic carbocycles. The lowest BCUT2D eigenvalue weighted by Gasteiger charge is -2.15. The van der Waals surface area contributed by atoms with Crippen molar-refractivity contribution in [1.82, 2.24) is 14.9 Å². The van der Waals surface area contributed by atoms with Crippen LogP contribution in [-0.4, -0.2) is 40.2 Å². The van der Waals surface area contributed by atoms with Crippen LogP contribution in [0.2, 0.25) is 0 Å². The number of amides is 1. The number of aromatic nitrogens is 2. The molecule has 0 aliphatic rings. The van der Waals surface area contributed by atoms with Crippen LogP contribution < -0.4 is 0 Å². The maximum atomic E-state index is 11.4. The van der Waals surface area contributed by atoms with Crippen molar-refractivity contribution in [2.75, 3.05) is 13.6 Å². The fraction of sp³-hybridized carbons (Fsp3) is 0.308. The molecule has 2 rings (SSSR count). The summed E-state index contributed by atoms with van der Waals surface area (Å²) < 4.78 is 0. The average molecular weight is 245 g/mol. The first kappa shape index (κ1) is 12.3. The van der Waals surface area contributed by atoms with Gasteiger partial charge in [0.05, 0.1) is 17.4 Å². The first-order chi connectivity index (χ1) is 8.58. The topological polar surface area (TPSA) is 66.1 Å². The Labute approximate surface area is 105 Å². The number of nitrogens with zero attached hydrogens (tertiary/aromatic N) is 2. The van der Waals surface area contributed by atoms with Crippen molar-refractivity contribution in [3.05, 3.63) is 30.1 Å². The molecule has 0 saturated heterocycles. The minimum atomic E-state index is -0.447. The van der Waals surface area contributed by atoms with Crippen molar-refractivity contribution in [3.63, 3.8) is 0 Å². The van der Waals surface area contributed by atoms with Gasteiger partial charge in [0, 0.05) is 20.5 Å². The predicted molar refractivity (Wildman–Crippen MR) is 68.1 cm³/mol. The molecule has 0 fully saturated rings. The highest BCUT2D eigenvalue weighted by Gasteiger charge is 2.13. The van der Waals surface area contributed by atoms with Crippen molar-refractivity contribution in [2.24, 2.45) is 0 Å². The van der Waals surface area contributed by atoms with Gasteiger partial charge in [-0.3, -0.25) is 9.59 Å². The molecular formula is C13H15N3O2. The Morgan fingerprint density at radius 1 is 1.39 bits per heavy atom. The molecule has 1 heterocycles. The number of ketones is 1. The zero-order valence-corrected chi connectivity index (χ0v) is 10.4. The maximum absolute atomic E-state index is 11.4. The molecular weight excluding hydrogens is 230 g/mol. The highest BCUT2D eigenvalue weighted by atomic mass is 16.2. The summed E-state index contributed by atoms with van der Waals surface area (Å²) in [6, 6.07) is 5.93. The minimum Gasteiger partial charge on any atom is -0.345 e. The van der Waals surface area contributed by atoms with E-state index in [-0.39, 0.29) is 0 Å². The normalized spacial score (nSPS) is 10.6. The molecule has 0 aliphatic heterocycles. The van der Waals surface area contributed by atoms with Gasteiger partial charge in [-0.15, -0.1) is 0 Å². The summed E-state index contributed by atoms with van der Waals surface area (Å²) in [6.07, 6.45) is 2.37. The van der Waals surface area contributed by atoms with Crippen molar-refractivity contribution in [2.45, 2.75) is 13.3 Å². The highest BCUT2D eigenvalue weighted by molar-refractivity contribution is 6.34. The summed E-state index contributed by atoms with van der Waals surface area (Å²) in [7, 11) is 1.64. The number of imidazole rings is 1. The fourth-order valence-corrected chi connectivity index (χ4v) is 1.81. The molecule has 0 saturated carbocycles. The van der Waals surface area contributed by atoms with Crippen molar-refractivity contribution < 1.29 is 9.59 Å². The van der Waals surface area contributed by atoms with Crippen LogP contribution in [-0.2, 0) is 16.0 Å². The average Bonchev–Trinajstić information content (AvgIpc) is 2.82. The smallest absolute Gasteiger partial charge is 0.289 e. The Balaban J connectivity index is 2.01. The lowest BCUT2D eigenvalue weighted by atomic mass is 10.1. The number of nitrogens with one attached hydrogen (secondary N) is 1. The summed E-state index contributed by atoms with van der Waals surface area (Å²) in [4.78, 5) is 31.0. The van der Waals surface area contributed by atoms with Crippen LogP contribution in [0.3, 0.4) is 0 Å². The SMILES string of the molecule is CC(=O)C(=O)N(C)CCc1ccc2nc[nH]c2c1. The van der Waals surface area contributed by atoms with E-state index >= 15 is 0 Å². The molecule has 5 nitrogen and oxygen atoms in total. The third-order valence-corrected chi connectivity index (χ3v) is 2.87. The van der Waals surface area contributed by atoms with Crippen LogP contribution in [0.4, 0.5) is 0 Å². The number of carbonyl (C=O) groups excluding carboxylic acids is 2.